The zero-order chi connectivity index (χ0) is 13.1. The molecule has 1 aromatic carbocycles. The molecule has 0 aliphatic carbocycles. The molecule has 1 atom stereocenters. The van der Waals surface area contributed by atoms with E-state index in [1.807, 2.05) is 42.9 Å². The summed E-state index contributed by atoms with van der Waals surface area (Å²) in [7, 11) is 0. The van der Waals surface area contributed by atoms with Crippen molar-refractivity contribution in [2.45, 2.75) is 26.4 Å². The summed E-state index contributed by atoms with van der Waals surface area (Å²) in [5.74, 6) is 1.49. The monoisotopic (exact) mass is 309 g/mol. The maximum Gasteiger partial charge on any atom is 0.165 e. The normalized spacial score (nSPS) is 12.4. The van der Waals surface area contributed by atoms with Crippen LogP contribution in [0.4, 0.5) is 0 Å². The second-order valence-electron chi connectivity index (χ2n) is 4.11. The maximum atomic E-state index is 5.83. The third-order valence-corrected chi connectivity index (χ3v) is 3.26. The quantitative estimate of drug-likeness (QED) is 0.940. The highest BCUT2D eigenvalue weighted by Gasteiger charge is 2.07. The van der Waals surface area contributed by atoms with Gasteiger partial charge in [0.05, 0.1) is 16.9 Å². The van der Waals surface area contributed by atoms with Gasteiger partial charge in [0.2, 0.25) is 0 Å². The molecule has 1 heterocycles. The average Bonchev–Trinajstić information content (AvgIpc) is 2.79. The summed E-state index contributed by atoms with van der Waals surface area (Å²) in [6.07, 6.45) is 3.57. The summed E-state index contributed by atoms with van der Waals surface area (Å²) in [6, 6.07) is 5.86. The van der Waals surface area contributed by atoms with Gasteiger partial charge in [-0.3, -0.25) is 4.68 Å². The van der Waals surface area contributed by atoms with Crippen LogP contribution in [0.3, 0.4) is 0 Å². The van der Waals surface area contributed by atoms with Crippen LogP contribution >= 0.6 is 15.9 Å². The van der Waals surface area contributed by atoms with E-state index in [0.29, 0.717) is 0 Å². The Labute approximate surface area is 115 Å². The Morgan fingerprint density at radius 2 is 2.28 bits per heavy atom. The van der Waals surface area contributed by atoms with Crippen molar-refractivity contribution >= 4 is 15.9 Å². The molecule has 18 heavy (non-hydrogen) atoms. The summed E-state index contributed by atoms with van der Waals surface area (Å²) in [5, 5.41) is 4.16. The third-order valence-electron chi connectivity index (χ3n) is 2.64. The van der Waals surface area contributed by atoms with E-state index < -0.39 is 0 Å². The molecule has 0 amide bonds. The Morgan fingerprint density at radius 3 is 2.83 bits per heavy atom. The molecule has 0 spiro atoms. The lowest BCUT2D eigenvalue weighted by Gasteiger charge is -2.09. The van der Waals surface area contributed by atoms with Crippen LogP contribution < -0.4 is 10.5 Å². The van der Waals surface area contributed by atoms with Crippen molar-refractivity contribution in [2.75, 3.05) is 0 Å². The number of rotatable bonds is 4. The highest BCUT2D eigenvalue weighted by molar-refractivity contribution is 9.10. The molecule has 2 N–H and O–H groups in total. The number of nitrogens with two attached hydrogens (primary N) is 1. The third kappa shape index (κ3) is 2.91. The molecule has 0 bridgehead atoms. The van der Waals surface area contributed by atoms with Gasteiger partial charge in [0, 0.05) is 12.6 Å². The molecule has 1 unspecified atom stereocenters. The first-order valence-electron chi connectivity index (χ1n) is 5.85. The van der Waals surface area contributed by atoms with Crippen molar-refractivity contribution in [1.82, 2.24) is 9.78 Å². The van der Waals surface area contributed by atoms with Crippen molar-refractivity contribution in [3.63, 3.8) is 0 Å². The number of hydrogen-bond acceptors (Lipinski definition) is 3. The van der Waals surface area contributed by atoms with Gasteiger partial charge >= 0.3 is 0 Å². The molecule has 1 aromatic heterocycles. The van der Waals surface area contributed by atoms with E-state index in [9.17, 15) is 0 Å². The van der Waals surface area contributed by atoms with E-state index in [4.69, 9.17) is 10.5 Å². The fourth-order valence-electron chi connectivity index (χ4n) is 1.58. The Morgan fingerprint density at radius 1 is 1.50 bits per heavy atom. The largest absolute Gasteiger partial charge is 0.453 e. The molecular formula is C13H16BrN3O. The lowest BCUT2D eigenvalue weighted by atomic mass is 10.1. The van der Waals surface area contributed by atoms with Crippen LogP contribution in [0, 0.1) is 0 Å². The summed E-state index contributed by atoms with van der Waals surface area (Å²) in [5.41, 5.74) is 6.90. The molecular weight excluding hydrogens is 294 g/mol. The molecule has 2 aromatic rings. The summed E-state index contributed by atoms with van der Waals surface area (Å²) < 4.78 is 8.46. The molecule has 4 nitrogen and oxygen atoms in total. The van der Waals surface area contributed by atoms with E-state index in [1.165, 1.54) is 0 Å². The fraction of sp³-hybridized carbons (Fsp3) is 0.308. The molecule has 0 radical (unpaired) electrons. The number of nitrogens with zero attached hydrogens (tertiary/aromatic N) is 2. The summed E-state index contributed by atoms with van der Waals surface area (Å²) in [4.78, 5) is 0. The minimum Gasteiger partial charge on any atom is -0.453 e. The number of halogens is 1. The standard InChI is InChI=1S/C13H16BrN3O/c1-3-17-8-11(7-16-17)18-13-5-4-10(9(2)15)6-12(13)14/h4-9H,3,15H2,1-2H3. The van der Waals surface area contributed by atoms with E-state index in [-0.39, 0.29) is 6.04 Å². The molecule has 2 rings (SSSR count). The van der Waals surface area contributed by atoms with Gasteiger partial charge in [0.25, 0.3) is 0 Å². The van der Waals surface area contributed by atoms with Gasteiger partial charge in [-0.2, -0.15) is 5.10 Å². The van der Waals surface area contributed by atoms with Crippen LogP contribution in [0.2, 0.25) is 0 Å². The molecule has 0 saturated heterocycles. The zero-order valence-corrected chi connectivity index (χ0v) is 12.0. The fourth-order valence-corrected chi connectivity index (χ4v) is 2.06. The van der Waals surface area contributed by atoms with Crippen molar-refractivity contribution in [1.29, 1.82) is 0 Å². The Bertz CT molecular complexity index is 537. The lowest BCUT2D eigenvalue weighted by molar-refractivity contribution is 0.478. The van der Waals surface area contributed by atoms with Crippen LogP contribution in [-0.2, 0) is 6.54 Å². The lowest BCUT2D eigenvalue weighted by Crippen LogP contribution is -2.04. The van der Waals surface area contributed by atoms with Gasteiger partial charge in [0.1, 0.15) is 5.75 Å². The summed E-state index contributed by atoms with van der Waals surface area (Å²) >= 11 is 3.49. The average molecular weight is 310 g/mol. The second-order valence-corrected chi connectivity index (χ2v) is 4.97. The van der Waals surface area contributed by atoms with Crippen molar-refractivity contribution in [2.24, 2.45) is 5.73 Å². The predicted molar refractivity (Wildman–Crippen MR) is 74.7 cm³/mol. The number of ether oxygens (including phenoxy) is 1. The van der Waals surface area contributed by atoms with Crippen LogP contribution in [-0.4, -0.2) is 9.78 Å². The zero-order valence-electron chi connectivity index (χ0n) is 10.4. The Balaban J connectivity index is 2.19. The molecule has 0 aliphatic heterocycles. The molecule has 0 aliphatic rings. The number of benzene rings is 1. The first-order valence-corrected chi connectivity index (χ1v) is 6.64. The molecule has 5 heteroatoms. The first kappa shape index (κ1) is 13.1. The van der Waals surface area contributed by atoms with Gasteiger partial charge in [0.15, 0.2) is 5.75 Å². The molecule has 0 saturated carbocycles. The van der Waals surface area contributed by atoms with Crippen LogP contribution in [0.5, 0.6) is 11.5 Å². The van der Waals surface area contributed by atoms with Crippen LogP contribution in [0.1, 0.15) is 25.5 Å². The Hall–Kier alpha value is -1.33. The Kier molecular flexibility index (Phi) is 4.04. The van der Waals surface area contributed by atoms with Crippen molar-refractivity contribution < 1.29 is 4.74 Å². The molecule has 0 fully saturated rings. The van der Waals surface area contributed by atoms with E-state index in [1.54, 1.807) is 6.20 Å². The van der Waals surface area contributed by atoms with Gasteiger partial charge in [-0.05, 0) is 47.5 Å². The van der Waals surface area contributed by atoms with Crippen molar-refractivity contribution in [3.8, 4) is 11.5 Å². The van der Waals surface area contributed by atoms with Gasteiger partial charge < -0.3 is 10.5 Å². The van der Waals surface area contributed by atoms with Crippen molar-refractivity contribution in [3.05, 3.63) is 40.6 Å². The maximum absolute atomic E-state index is 5.83. The smallest absolute Gasteiger partial charge is 0.165 e. The highest BCUT2D eigenvalue weighted by atomic mass is 79.9. The second kappa shape index (κ2) is 5.54. The van der Waals surface area contributed by atoms with Crippen LogP contribution in [0.15, 0.2) is 35.1 Å². The topological polar surface area (TPSA) is 53.1 Å². The highest BCUT2D eigenvalue weighted by Crippen LogP contribution is 2.31. The van der Waals surface area contributed by atoms with Gasteiger partial charge in [-0.15, -0.1) is 0 Å². The minimum atomic E-state index is 0.0122. The minimum absolute atomic E-state index is 0.0122. The molecule has 96 valence electrons. The van der Waals surface area contributed by atoms with Gasteiger partial charge in [-0.1, -0.05) is 6.07 Å². The van der Waals surface area contributed by atoms with E-state index >= 15 is 0 Å². The van der Waals surface area contributed by atoms with Gasteiger partial charge in [-0.25, -0.2) is 0 Å². The first-order chi connectivity index (χ1) is 8.60. The van der Waals surface area contributed by atoms with E-state index in [2.05, 4.69) is 21.0 Å². The summed E-state index contributed by atoms with van der Waals surface area (Å²) in [6.45, 7) is 4.81. The van der Waals surface area contributed by atoms with Crippen LogP contribution in [0.25, 0.3) is 0 Å². The number of aryl methyl sites for hydroxylation is 1. The number of hydrogen-bond donors (Lipinski definition) is 1. The SMILES string of the molecule is CCn1cc(Oc2ccc(C(C)N)cc2Br)cn1. The number of aromatic nitrogens is 2. The predicted octanol–water partition coefficient (Wildman–Crippen LogP) is 3.48. The van der Waals surface area contributed by atoms with E-state index in [0.717, 1.165) is 28.1 Å².